The Morgan fingerprint density at radius 3 is 3.04 bits per heavy atom. The number of rotatable bonds is 5. The van der Waals surface area contributed by atoms with Crippen LogP contribution in [0, 0.1) is 0 Å². The molecule has 8 nitrogen and oxygen atoms in total. The largest absolute Gasteiger partial charge is 0.380 e. The third kappa shape index (κ3) is 2.87. The van der Waals surface area contributed by atoms with E-state index in [1.54, 1.807) is 11.7 Å². The van der Waals surface area contributed by atoms with Crippen molar-refractivity contribution in [2.75, 3.05) is 13.7 Å². The van der Waals surface area contributed by atoms with Gasteiger partial charge in [0.25, 0.3) is 0 Å². The number of hydrogen-bond acceptors (Lipinski definition) is 5. The molecule has 0 radical (unpaired) electrons. The van der Waals surface area contributed by atoms with Crippen molar-refractivity contribution in [3.05, 3.63) is 46.3 Å². The summed E-state index contributed by atoms with van der Waals surface area (Å²) >= 11 is 0. The Balaban J connectivity index is 1.64. The number of fused-ring (bicyclic) bond motifs is 1. The molecule has 0 amide bonds. The fraction of sp³-hybridized carbons (Fsp3) is 0.471. The van der Waals surface area contributed by atoms with Gasteiger partial charge in [-0.1, -0.05) is 12.1 Å². The monoisotopic (exact) mass is 342 g/mol. The number of likely N-dealkylation sites (tertiary alicyclic amines) is 1. The highest BCUT2D eigenvalue weighted by Gasteiger charge is 2.36. The fourth-order valence-corrected chi connectivity index (χ4v) is 3.68. The van der Waals surface area contributed by atoms with Crippen LogP contribution in [0.1, 0.15) is 30.8 Å². The maximum atomic E-state index is 11.9. The van der Waals surface area contributed by atoms with Gasteiger partial charge in [-0.15, -0.1) is 0 Å². The van der Waals surface area contributed by atoms with Crippen molar-refractivity contribution in [3.63, 3.8) is 0 Å². The van der Waals surface area contributed by atoms with Gasteiger partial charge in [0, 0.05) is 32.1 Å². The standard InChI is InChI=1S/C17H22N6O2/c1-3-23-16(20-21-17(23)24)15-7-13(25-2)10-22(15)9-11-4-5-12-8-18-19-14(12)6-11/h4-6,8,13,15H,3,7,9-10H2,1-2H3,(H,18,19)(H,21,24)/t13-,15-/m0/s1. The van der Waals surface area contributed by atoms with Gasteiger partial charge in [-0.2, -0.15) is 10.2 Å². The summed E-state index contributed by atoms with van der Waals surface area (Å²) in [5.41, 5.74) is 2.07. The van der Waals surface area contributed by atoms with Gasteiger partial charge < -0.3 is 4.74 Å². The van der Waals surface area contributed by atoms with Crippen LogP contribution in [0.15, 0.2) is 29.2 Å². The lowest BCUT2D eigenvalue weighted by atomic mass is 10.1. The molecule has 132 valence electrons. The third-order valence-corrected chi connectivity index (χ3v) is 4.99. The molecule has 1 saturated heterocycles. The quantitative estimate of drug-likeness (QED) is 0.732. The molecule has 8 heteroatoms. The molecule has 2 atom stereocenters. The summed E-state index contributed by atoms with van der Waals surface area (Å²) in [4.78, 5) is 14.3. The molecule has 0 spiro atoms. The van der Waals surface area contributed by atoms with Gasteiger partial charge in [0.2, 0.25) is 0 Å². The van der Waals surface area contributed by atoms with Crippen molar-refractivity contribution in [2.24, 2.45) is 0 Å². The SMILES string of the molecule is CCn1c([C@@H]2C[C@H](OC)CN2Cc2ccc3cn[nH]c3c2)n[nH]c1=O. The van der Waals surface area contributed by atoms with E-state index in [1.807, 2.05) is 13.1 Å². The van der Waals surface area contributed by atoms with Gasteiger partial charge >= 0.3 is 5.69 Å². The molecule has 3 aromatic rings. The maximum Gasteiger partial charge on any atom is 0.343 e. The summed E-state index contributed by atoms with van der Waals surface area (Å²) in [6.45, 7) is 4.14. The van der Waals surface area contributed by atoms with Crippen LogP contribution in [0.2, 0.25) is 0 Å². The second-order valence-electron chi connectivity index (χ2n) is 6.46. The van der Waals surface area contributed by atoms with Crippen molar-refractivity contribution >= 4 is 10.9 Å². The third-order valence-electron chi connectivity index (χ3n) is 4.99. The Bertz CT molecular complexity index is 927. The molecule has 1 fully saturated rings. The number of methoxy groups -OCH3 is 1. The molecular weight excluding hydrogens is 320 g/mol. The van der Waals surface area contributed by atoms with Gasteiger partial charge in [0.05, 0.1) is 23.9 Å². The van der Waals surface area contributed by atoms with Crippen molar-refractivity contribution in [3.8, 4) is 0 Å². The average molecular weight is 342 g/mol. The zero-order valence-electron chi connectivity index (χ0n) is 14.4. The lowest BCUT2D eigenvalue weighted by Gasteiger charge is -2.23. The first kappa shape index (κ1) is 16.0. The molecule has 1 aromatic carbocycles. The molecule has 0 aliphatic carbocycles. The molecule has 4 rings (SSSR count). The van der Waals surface area contributed by atoms with E-state index in [1.165, 1.54) is 5.56 Å². The lowest BCUT2D eigenvalue weighted by Crippen LogP contribution is -2.28. The highest BCUT2D eigenvalue weighted by atomic mass is 16.5. The summed E-state index contributed by atoms with van der Waals surface area (Å²) < 4.78 is 7.29. The minimum absolute atomic E-state index is 0.0568. The van der Waals surface area contributed by atoms with Gasteiger partial charge in [-0.05, 0) is 25.0 Å². The molecule has 0 saturated carbocycles. The number of aromatic nitrogens is 5. The highest BCUT2D eigenvalue weighted by Crippen LogP contribution is 2.33. The Kier molecular flexibility index (Phi) is 4.14. The van der Waals surface area contributed by atoms with Crippen LogP contribution < -0.4 is 5.69 Å². The number of H-pyrrole nitrogens is 2. The first-order valence-corrected chi connectivity index (χ1v) is 8.53. The number of nitrogens with one attached hydrogen (secondary N) is 2. The van der Waals surface area contributed by atoms with Crippen LogP contribution in [-0.2, 0) is 17.8 Å². The van der Waals surface area contributed by atoms with Crippen molar-refractivity contribution in [1.29, 1.82) is 0 Å². The van der Waals surface area contributed by atoms with Crippen LogP contribution in [0.25, 0.3) is 10.9 Å². The molecule has 1 aliphatic heterocycles. The number of hydrogen-bond donors (Lipinski definition) is 2. The van der Waals surface area contributed by atoms with Crippen LogP contribution in [-0.4, -0.2) is 49.6 Å². The first-order valence-electron chi connectivity index (χ1n) is 8.53. The summed E-state index contributed by atoms with van der Waals surface area (Å²) in [5.74, 6) is 0.787. The highest BCUT2D eigenvalue weighted by molar-refractivity contribution is 5.78. The normalized spacial score (nSPS) is 21.4. The molecule has 2 N–H and O–H groups in total. The zero-order chi connectivity index (χ0) is 17.4. The summed E-state index contributed by atoms with van der Waals surface area (Å²) in [7, 11) is 1.74. The lowest BCUT2D eigenvalue weighted by molar-refractivity contribution is 0.107. The average Bonchev–Trinajstić information content (AvgIpc) is 3.32. The Labute approximate surface area is 144 Å². The van der Waals surface area contributed by atoms with Crippen LogP contribution in [0.4, 0.5) is 0 Å². The number of nitrogens with zero attached hydrogens (tertiary/aromatic N) is 4. The van der Waals surface area contributed by atoms with Crippen molar-refractivity contribution < 1.29 is 4.74 Å². The van der Waals surface area contributed by atoms with E-state index in [-0.39, 0.29) is 17.8 Å². The van der Waals surface area contributed by atoms with E-state index >= 15 is 0 Å². The molecule has 1 aliphatic rings. The smallest absolute Gasteiger partial charge is 0.343 e. The van der Waals surface area contributed by atoms with Crippen molar-refractivity contribution in [2.45, 2.75) is 38.6 Å². The fourth-order valence-electron chi connectivity index (χ4n) is 3.68. The van der Waals surface area contributed by atoms with Gasteiger partial charge in [0.15, 0.2) is 5.82 Å². The van der Waals surface area contributed by atoms with Gasteiger partial charge in [0.1, 0.15) is 0 Å². The van der Waals surface area contributed by atoms with E-state index in [2.05, 4.69) is 43.5 Å². The predicted molar refractivity (Wildman–Crippen MR) is 93.2 cm³/mol. The number of benzene rings is 1. The number of aromatic amines is 2. The van der Waals surface area contributed by atoms with Gasteiger partial charge in [-0.3, -0.25) is 14.6 Å². The Hall–Kier alpha value is -2.45. The molecule has 0 bridgehead atoms. The maximum absolute atomic E-state index is 11.9. The van der Waals surface area contributed by atoms with Crippen LogP contribution in [0.5, 0.6) is 0 Å². The number of ether oxygens (including phenoxy) is 1. The minimum Gasteiger partial charge on any atom is -0.380 e. The van der Waals surface area contributed by atoms with Crippen LogP contribution >= 0.6 is 0 Å². The van der Waals surface area contributed by atoms with Crippen LogP contribution in [0.3, 0.4) is 0 Å². The first-order chi connectivity index (χ1) is 12.2. The van der Waals surface area contributed by atoms with E-state index in [9.17, 15) is 4.79 Å². The van der Waals surface area contributed by atoms with E-state index in [0.29, 0.717) is 6.54 Å². The Morgan fingerprint density at radius 2 is 2.24 bits per heavy atom. The Morgan fingerprint density at radius 1 is 1.36 bits per heavy atom. The van der Waals surface area contributed by atoms with E-state index in [4.69, 9.17) is 4.74 Å². The predicted octanol–water partition coefficient (Wildman–Crippen LogP) is 1.43. The molecular formula is C17H22N6O2. The second-order valence-corrected chi connectivity index (χ2v) is 6.46. The van der Waals surface area contributed by atoms with E-state index in [0.717, 1.165) is 36.2 Å². The van der Waals surface area contributed by atoms with Gasteiger partial charge in [-0.25, -0.2) is 9.89 Å². The zero-order valence-corrected chi connectivity index (χ0v) is 14.4. The molecule has 3 heterocycles. The second kappa shape index (κ2) is 6.45. The summed E-state index contributed by atoms with van der Waals surface area (Å²) in [6, 6.07) is 6.37. The minimum atomic E-state index is -0.155. The summed E-state index contributed by atoms with van der Waals surface area (Å²) in [6.07, 6.45) is 2.79. The van der Waals surface area contributed by atoms with E-state index < -0.39 is 0 Å². The van der Waals surface area contributed by atoms with Crippen molar-refractivity contribution in [1.82, 2.24) is 29.9 Å². The summed E-state index contributed by atoms with van der Waals surface area (Å²) in [5, 5.41) is 15.1. The molecule has 0 unspecified atom stereocenters. The topological polar surface area (TPSA) is 91.8 Å². The molecule has 2 aromatic heterocycles. The molecule has 25 heavy (non-hydrogen) atoms.